The Hall–Kier alpha value is -0.570. The van der Waals surface area contributed by atoms with Crippen LogP contribution in [0.1, 0.15) is 71.1 Å². The van der Waals surface area contributed by atoms with Gasteiger partial charge in [0.05, 0.1) is 0 Å². The van der Waals surface area contributed by atoms with E-state index < -0.39 is 0 Å². The third kappa shape index (κ3) is 4.76. The van der Waals surface area contributed by atoms with Crippen molar-refractivity contribution in [2.24, 2.45) is 5.92 Å². The van der Waals surface area contributed by atoms with Gasteiger partial charge in [0, 0.05) is 19.0 Å². The van der Waals surface area contributed by atoms with Crippen molar-refractivity contribution in [2.45, 2.75) is 77.2 Å². The Kier molecular flexibility index (Phi) is 6.85. The standard InChI is InChI=1S/C17H32N2O/c1-2-13-19(16-9-11-18-12-10-16)17(20)14-15-7-5-3-4-6-8-15/h15-16,18H,2-14H2,1H3. The third-order valence-corrected chi connectivity index (χ3v) is 4.97. The second-order valence-electron chi connectivity index (χ2n) is 6.63. The lowest BCUT2D eigenvalue weighted by Gasteiger charge is -2.35. The Labute approximate surface area is 124 Å². The first-order chi connectivity index (χ1) is 9.81. The number of hydrogen-bond donors (Lipinski definition) is 1. The number of nitrogens with zero attached hydrogens (tertiary/aromatic N) is 1. The number of carbonyl (C=O) groups excluding carboxylic acids is 1. The summed E-state index contributed by atoms with van der Waals surface area (Å²) in [6, 6.07) is 0.495. The first-order valence-electron chi connectivity index (χ1n) is 8.81. The lowest BCUT2D eigenvalue weighted by atomic mass is 9.95. The lowest BCUT2D eigenvalue weighted by molar-refractivity contribution is -0.135. The van der Waals surface area contributed by atoms with Crippen LogP contribution in [-0.2, 0) is 4.79 Å². The maximum atomic E-state index is 12.7. The van der Waals surface area contributed by atoms with Gasteiger partial charge in [-0.25, -0.2) is 0 Å². The van der Waals surface area contributed by atoms with E-state index in [0.29, 0.717) is 17.9 Å². The Morgan fingerprint density at radius 3 is 2.30 bits per heavy atom. The van der Waals surface area contributed by atoms with Gasteiger partial charge in [-0.2, -0.15) is 0 Å². The second kappa shape index (κ2) is 8.66. The highest BCUT2D eigenvalue weighted by Crippen LogP contribution is 2.27. The number of nitrogens with one attached hydrogen (secondary N) is 1. The van der Waals surface area contributed by atoms with Gasteiger partial charge >= 0.3 is 0 Å². The molecular weight excluding hydrogens is 248 g/mol. The molecule has 1 N–H and O–H groups in total. The van der Waals surface area contributed by atoms with Crippen LogP contribution in [0.15, 0.2) is 0 Å². The summed E-state index contributed by atoms with van der Waals surface area (Å²) in [5, 5.41) is 3.40. The molecule has 0 atom stereocenters. The first-order valence-corrected chi connectivity index (χ1v) is 8.81. The molecule has 1 heterocycles. The van der Waals surface area contributed by atoms with E-state index in [0.717, 1.165) is 45.3 Å². The van der Waals surface area contributed by atoms with Crippen LogP contribution in [0.4, 0.5) is 0 Å². The zero-order chi connectivity index (χ0) is 14.2. The molecule has 0 aromatic heterocycles. The van der Waals surface area contributed by atoms with E-state index in [1.807, 2.05) is 0 Å². The minimum Gasteiger partial charge on any atom is -0.340 e. The maximum Gasteiger partial charge on any atom is 0.223 e. The zero-order valence-corrected chi connectivity index (χ0v) is 13.2. The molecule has 3 heteroatoms. The summed E-state index contributed by atoms with van der Waals surface area (Å²) in [5.41, 5.74) is 0. The lowest BCUT2D eigenvalue weighted by Crippen LogP contribution is -2.46. The van der Waals surface area contributed by atoms with E-state index in [2.05, 4.69) is 17.1 Å². The highest BCUT2D eigenvalue weighted by molar-refractivity contribution is 5.76. The van der Waals surface area contributed by atoms with Crippen molar-refractivity contribution in [3.05, 3.63) is 0 Å². The van der Waals surface area contributed by atoms with Crippen LogP contribution in [0.2, 0.25) is 0 Å². The molecule has 0 aromatic rings. The molecule has 1 aliphatic carbocycles. The van der Waals surface area contributed by atoms with Crippen LogP contribution in [0.5, 0.6) is 0 Å². The molecule has 3 nitrogen and oxygen atoms in total. The number of carbonyl (C=O) groups is 1. The molecular formula is C17H32N2O. The fraction of sp³-hybridized carbons (Fsp3) is 0.941. The van der Waals surface area contributed by atoms with Gasteiger partial charge in [0.2, 0.25) is 5.91 Å². The van der Waals surface area contributed by atoms with Crippen LogP contribution in [0.25, 0.3) is 0 Å². The molecule has 0 bridgehead atoms. The first kappa shape index (κ1) is 15.8. The number of amides is 1. The van der Waals surface area contributed by atoms with Crippen LogP contribution in [0, 0.1) is 5.92 Å². The molecule has 1 saturated heterocycles. The van der Waals surface area contributed by atoms with Crippen molar-refractivity contribution >= 4 is 5.91 Å². The number of rotatable bonds is 5. The molecule has 2 fully saturated rings. The van der Waals surface area contributed by atoms with Gasteiger partial charge in [-0.15, -0.1) is 0 Å². The number of hydrogen-bond acceptors (Lipinski definition) is 2. The van der Waals surface area contributed by atoms with E-state index in [-0.39, 0.29) is 0 Å². The fourth-order valence-electron chi connectivity index (χ4n) is 3.80. The average molecular weight is 280 g/mol. The maximum absolute atomic E-state index is 12.7. The molecule has 0 radical (unpaired) electrons. The summed E-state index contributed by atoms with van der Waals surface area (Å²) in [6.45, 7) is 5.28. The molecule has 2 aliphatic rings. The fourth-order valence-corrected chi connectivity index (χ4v) is 3.80. The van der Waals surface area contributed by atoms with Gasteiger partial charge in [-0.05, 0) is 51.1 Å². The summed E-state index contributed by atoms with van der Waals surface area (Å²) >= 11 is 0. The van der Waals surface area contributed by atoms with Crippen LogP contribution >= 0.6 is 0 Å². The highest BCUT2D eigenvalue weighted by atomic mass is 16.2. The third-order valence-electron chi connectivity index (χ3n) is 4.97. The molecule has 2 rings (SSSR count). The summed E-state index contributed by atoms with van der Waals surface area (Å²) in [7, 11) is 0. The van der Waals surface area contributed by atoms with Gasteiger partial charge in [0.25, 0.3) is 0 Å². The Bertz CT molecular complexity index is 279. The van der Waals surface area contributed by atoms with Gasteiger partial charge in [-0.3, -0.25) is 4.79 Å². The smallest absolute Gasteiger partial charge is 0.223 e. The van der Waals surface area contributed by atoms with E-state index in [4.69, 9.17) is 0 Å². The Morgan fingerprint density at radius 1 is 1.05 bits per heavy atom. The van der Waals surface area contributed by atoms with E-state index in [9.17, 15) is 4.79 Å². The predicted octanol–water partition coefficient (Wildman–Crippen LogP) is 3.34. The molecule has 0 aromatic carbocycles. The summed E-state index contributed by atoms with van der Waals surface area (Å²) in [5.74, 6) is 1.09. The summed E-state index contributed by atoms with van der Waals surface area (Å²) < 4.78 is 0. The Morgan fingerprint density at radius 2 is 1.70 bits per heavy atom. The van der Waals surface area contributed by atoms with E-state index >= 15 is 0 Å². The van der Waals surface area contributed by atoms with Crippen LogP contribution < -0.4 is 5.32 Å². The highest BCUT2D eigenvalue weighted by Gasteiger charge is 2.26. The van der Waals surface area contributed by atoms with Gasteiger partial charge < -0.3 is 10.2 Å². The van der Waals surface area contributed by atoms with Gasteiger partial charge in [0.15, 0.2) is 0 Å². The summed E-state index contributed by atoms with van der Waals surface area (Å²) in [6.07, 6.45) is 12.1. The second-order valence-corrected chi connectivity index (χ2v) is 6.63. The van der Waals surface area contributed by atoms with Crippen molar-refractivity contribution in [3.8, 4) is 0 Å². The van der Waals surface area contributed by atoms with Crippen molar-refractivity contribution in [1.82, 2.24) is 10.2 Å². The van der Waals surface area contributed by atoms with Crippen molar-refractivity contribution < 1.29 is 4.79 Å². The topological polar surface area (TPSA) is 32.3 Å². The van der Waals surface area contributed by atoms with E-state index in [1.54, 1.807) is 0 Å². The van der Waals surface area contributed by atoms with Crippen molar-refractivity contribution in [1.29, 1.82) is 0 Å². The van der Waals surface area contributed by atoms with Crippen LogP contribution in [-0.4, -0.2) is 36.5 Å². The molecule has 116 valence electrons. The van der Waals surface area contributed by atoms with Crippen LogP contribution in [0.3, 0.4) is 0 Å². The number of piperidine rings is 1. The van der Waals surface area contributed by atoms with E-state index in [1.165, 1.54) is 38.5 Å². The predicted molar refractivity (Wildman–Crippen MR) is 83.7 cm³/mol. The van der Waals surface area contributed by atoms with Gasteiger partial charge in [0.1, 0.15) is 0 Å². The monoisotopic (exact) mass is 280 g/mol. The normalized spacial score (nSPS) is 22.4. The molecule has 0 unspecified atom stereocenters. The molecule has 1 aliphatic heterocycles. The molecule has 20 heavy (non-hydrogen) atoms. The average Bonchev–Trinajstić information content (AvgIpc) is 2.74. The quantitative estimate of drug-likeness (QED) is 0.783. The minimum atomic E-state index is 0.436. The molecule has 1 amide bonds. The van der Waals surface area contributed by atoms with Crippen molar-refractivity contribution in [3.63, 3.8) is 0 Å². The minimum absolute atomic E-state index is 0.436. The van der Waals surface area contributed by atoms with Crippen molar-refractivity contribution in [2.75, 3.05) is 19.6 Å². The molecule has 1 saturated carbocycles. The molecule has 0 spiro atoms. The summed E-state index contributed by atoms with van der Waals surface area (Å²) in [4.78, 5) is 14.9. The Balaban J connectivity index is 1.87. The van der Waals surface area contributed by atoms with Gasteiger partial charge in [-0.1, -0.05) is 32.6 Å². The zero-order valence-electron chi connectivity index (χ0n) is 13.2. The largest absolute Gasteiger partial charge is 0.340 e. The SMILES string of the molecule is CCCN(C(=O)CC1CCCCCC1)C1CCNCC1.